The molecule has 5 heteroatoms. The number of alkyl halides is 1. The van der Waals surface area contributed by atoms with Crippen molar-refractivity contribution in [2.45, 2.75) is 19.9 Å². The summed E-state index contributed by atoms with van der Waals surface area (Å²) in [4.78, 5) is 16.8. The van der Waals surface area contributed by atoms with E-state index in [2.05, 4.69) is 39.7 Å². The van der Waals surface area contributed by atoms with Crippen LogP contribution in [0.1, 0.15) is 22.4 Å². The Bertz CT molecular complexity index is 976. The number of benzene rings is 2. The van der Waals surface area contributed by atoms with Crippen molar-refractivity contribution < 1.29 is 13.9 Å². The van der Waals surface area contributed by atoms with Crippen LogP contribution in [-0.2, 0) is 22.5 Å². The maximum Gasteiger partial charge on any atom is 0.330 e. The molecule has 3 aromatic rings. The third-order valence-electron chi connectivity index (χ3n) is 5.10. The minimum Gasteiger partial charge on any atom is -0.466 e. The zero-order valence-corrected chi connectivity index (χ0v) is 17.0. The summed E-state index contributed by atoms with van der Waals surface area (Å²) in [5.41, 5.74) is 5.66. The van der Waals surface area contributed by atoms with Gasteiger partial charge in [0, 0.05) is 42.3 Å². The molecule has 0 aliphatic rings. The standard InChI is InChI=1S/C24H27FN2O2/c1-18-21(22-5-3-4-6-23(22)26-18)13-15-27(16-14-25)17-20-9-7-19(8-10-20)11-12-24(28)29-2/h3-12,26H,13-17H2,1-2H3/b12-11+. The molecule has 0 radical (unpaired) electrons. The first-order valence-electron chi connectivity index (χ1n) is 9.80. The molecule has 0 bridgehead atoms. The van der Waals surface area contributed by atoms with Crippen molar-refractivity contribution in [1.82, 2.24) is 9.88 Å². The fourth-order valence-electron chi connectivity index (χ4n) is 3.54. The molecular formula is C24H27FN2O2. The number of rotatable bonds is 9. The molecule has 1 N–H and O–H groups in total. The molecule has 0 saturated carbocycles. The largest absolute Gasteiger partial charge is 0.466 e. The summed E-state index contributed by atoms with van der Waals surface area (Å²) in [7, 11) is 1.35. The molecule has 0 atom stereocenters. The Kier molecular flexibility index (Phi) is 7.19. The van der Waals surface area contributed by atoms with Crippen molar-refractivity contribution >= 4 is 22.9 Å². The molecule has 0 aliphatic carbocycles. The molecule has 1 heterocycles. The Labute approximate surface area is 171 Å². The quantitative estimate of drug-likeness (QED) is 0.423. The number of nitrogens with zero attached hydrogens (tertiary/aromatic N) is 1. The fourth-order valence-corrected chi connectivity index (χ4v) is 3.54. The van der Waals surface area contributed by atoms with Gasteiger partial charge in [0.15, 0.2) is 0 Å². The highest BCUT2D eigenvalue weighted by Crippen LogP contribution is 2.22. The first-order valence-corrected chi connectivity index (χ1v) is 9.80. The molecule has 3 rings (SSSR count). The van der Waals surface area contributed by atoms with Gasteiger partial charge in [-0.3, -0.25) is 4.90 Å². The number of carbonyl (C=O) groups excluding carboxylic acids is 1. The lowest BCUT2D eigenvalue weighted by Gasteiger charge is -2.21. The van der Waals surface area contributed by atoms with Crippen LogP contribution in [0, 0.1) is 6.92 Å². The number of aromatic amines is 1. The van der Waals surface area contributed by atoms with E-state index in [4.69, 9.17) is 0 Å². The van der Waals surface area contributed by atoms with E-state index in [0.717, 1.165) is 29.6 Å². The monoisotopic (exact) mass is 394 g/mol. The van der Waals surface area contributed by atoms with Gasteiger partial charge in [-0.1, -0.05) is 42.5 Å². The van der Waals surface area contributed by atoms with Crippen molar-refractivity contribution in [3.05, 3.63) is 77.0 Å². The molecule has 0 spiro atoms. The number of aromatic nitrogens is 1. The summed E-state index contributed by atoms with van der Waals surface area (Å²) in [6.45, 7) is 3.61. The summed E-state index contributed by atoms with van der Waals surface area (Å²) >= 11 is 0. The highest BCUT2D eigenvalue weighted by molar-refractivity contribution is 5.87. The van der Waals surface area contributed by atoms with Crippen molar-refractivity contribution in [2.24, 2.45) is 0 Å². The van der Waals surface area contributed by atoms with Crippen molar-refractivity contribution in [2.75, 3.05) is 26.9 Å². The molecule has 0 fully saturated rings. The van der Waals surface area contributed by atoms with Crippen LogP contribution >= 0.6 is 0 Å². The molecule has 29 heavy (non-hydrogen) atoms. The first kappa shape index (κ1) is 20.8. The lowest BCUT2D eigenvalue weighted by Crippen LogP contribution is -2.28. The maximum atomic E-state index is 13.1. The average Bonchev–Trinajstić information content (AvgIpc) is 3.06. The SMILES string of the molecule is COC(=O)/C=C/c1ccc(CN(CCF)CCc2c(C)[nH]c3ccccc23)cc1. The highest BCUT2D eigenvalue weighted by atomic mass is 19.1. The second-order valence-electron chi connectivity index (χ2n) is 7.09. The smallest absolute Gasteiger partial charge is 0.330 e. The van der Waals surface area contributed by atoms with Gasteiger partial charge in [-0.2, -0.15) is 0 Å². The number of para-hydroxylation sites is 1. The van der Waals surface area contributed by atoms with Crippen molar-refractivity contribution in [3.8, 4) is 0 Å². The minimum atomic E-state index is -0.379. The average molecular weight is 394 g/mol. The normalized spacial score (nSPS) is 11.6. The van der Waals surface area contributed by atoms with E-state index in [1.54, 1.807) is 6.08 Å². The zero-order valence-electron chi connectivity index (χ0n) is 17.0. The van der Waals surface area contributed by atoms with E-state index < -0.39 is 0 Å². The Morgan fingerprint density at radius 2 is 1.90 bits per heavy atom. The van der Waals surface area contributed by atoms with E-state index in [0.29, 0.717) is 13.1 Å². The van der Waals surface area contributed by atoms with E-state index in [1.165, 1.54) is 29.8 Å². The van der Waals surface area contributed by atoms with Gasteiger partial charge in [-0.05, 0) is 42.2 Å². The van der Waals surface area contributed by atoms with Crippen molar-refractivity contribution in [1.29, 1.82) is 0 Å². The Hall–Kier alpha value is -2.92. The number of aryl methyl sites for hydroxylation is 1. The number of fused-ring (bicyclic) bond motifs is 1. The predicted molar refractivity (Wildman–Crippen MR) is 115 cm³/mol. The molecule has 0 saturated heterocycles. The summed E-state index contributed by atoms with van der Waals surface area (Å²) in [5, 5.41) is 1.24. The second-order valence-corrected chi connectivity index (χ2v) is 7.09. The van der Waals surface area contributed by atoms with Crippen LogP contribution in [0.5, 0.6) is 0 Å². The van der Waals surface area contributed by atoms with Crippen LogP contribution in [-0.4, -0.2) is 42.7 Å². The van der Waals surface area contributed by atoms with Crippen LogP contribution in [0.25, 0.3) is 17.0 Å². The summed E-state index contributed by atoms with van der Waals surface area (Å²) in [6, 6.07) is 16.2. The number of H-pyrrole nitrogens is 1. The van der Waals surface area contributed by atoms with Gasteiger partial charge in [-0.25, -0.2) is 9.18 Å². The minimum absolute atomic E-state index is 0.368. The molecule has 152 valence electrons. The van der Waals surface area contributed by atoms with Crippen LogP contribution in [0.15, 0.2) is 54.6 Å². The maximum absolute atomic E-state index is 13.1. The zero-order chi connectivity index (χ0) is 20.6. The molecule has 0 aliphatic heterocycles. The molecule has 2 aromatic carbocycles. The number of hydrogen-bond acceptors (Lipinski definition) is 3. The highest BCUT2D eigenvalue weighted by Gasteiger charge is 2.11. The number of carbonyl (C=O) groups is 1. The Balaban J connectivity index is 1.64. The first-order chi connectivity index (χ1) is 14.1. The van der Waals surface area contributed by atoms with Gasteiger partial charge in [0.1, 0.15) is 6.67 Å². The lowest BCUT2D eigenvalue weighted by molar-refractivity contribution is -0.134. The number of halogens is 1. The molecule has 4 nitrogen and oxygen atoms in total. The van der Waals surface area contributed by atoms with Gasteiger partial charge in [0.25, 0.3) is 0 Å². The van der Waals surface area contributed by atoms with Crippen LogP contribution in [0.3, 0.4) is 0 Å². The van der Waals surface area contributed by atoms with Gasteiger partial charge in [-0.15, -0.1) is 0 Å². The third kappa shape index (κ3) is 5.55. The third-order valence-corrected chi connectivity index (χ3v) is 5.10. The number of nitrogens with one attached hydrogen (secondary N) is 1. The van der Waals surface area contributed by atoms with E-state index in [9.17, 15) is 9.18 Å². The van der Waals surface area contributed by atoms with Gasteiger partial charge in [0.2, 0.25) is 0 Å². The van der Waals surface area contributed by atoms with Crippen LogP contribution in [0.4, 0.5) is 4.39 Å². The second kappa shape index (κ2) is 10.0. The fraction of sp³-hybridized carbons (Fsp3) is 0.292. The lowest BCUT2D eigenvalue weighted by atomic mass is 10.1. The topological polar surface area (TPSA) is 45.3 Å². The molecule has 0 amide bonds. The Morgan fingerprint density at radius 1 is 1.14 bits per heavy atom. The number of hydrogen-bond donors (Lipinski definition) is 1. The Morgan fingerprint density at radius 3 is 2.62 bits per heavy atom. The van der Waals surface area contributed by atoms with Crippen LogP contribution in [0.2, 0.25) is 0 Å². The van der Waals surface area contributed by atoms with Crippen LogP contribution < -0.4 is 0 Å². The number of methoxy groups -OCH3 is 1. The van der Waals surface area contributed by atoms with E-state index >= 15 is 0 Å². The van der Waals surface area contributed by atoms with Gasteiger partial charge < -0.3 is 9.72 Å². The van der Waals surface area contributed by atoms with E-state index in [1.807, 2.05) is 30.3 Å². The van der Waals surface area contributed by atoms with Gasteiger partial charge >= 0.3 is 5.97 Å². The summed E-state index contributed by atoms with van der Waals surface area (Å²) < 4.78 is 17.7. The number of esters is 1. The number of ether oxygens (including phenoxy) is 1. The summed E-state index contributed by atoms with van der Waals surface area (Å²) in [6.07, 6.45) is 3.98. The molecular weight excluding hydrogens is 367 g/mol. The molecule has 0 unspecified atom stereocenters. The van der Waals surface area contributed by atoms with Gasteiger partial charge in [0.05, 0.1) is 7.11 Å². The molecule has 1 aromatic heterocycles. The summed E-state index contributed by atoms with van der Waals surface area (Å²) in [5.74, 6) is -0.379. The van der Waals surface area contributed by atoms with Crippen molar-refractivity contribution in [3.63, 3.8) is 0 Å². The predicted octanol–water partition coefficient (Wildman–Crippen LogP) is 4.68. The van der Waals surface area contributed by atoms with E-state index in [-0.39, 0.29) is 12.6 Å².